The molecule has 10 rings (SSSR count). The summed E-state index contributed by atoms with van der Waals surface area (Å²) in [5.74, 6) is -1.14. The molecule has 2 N–H and O–H groups in total. The van der Waals surface area contributed by atoms with Crippen molar-refractivity contribution in [2.75, 3.05) is 21.3 Å². The van der Waals surface area contributed by atoms with Crippen molar-refractivity contribution in [3.63, 3.8) is 0 Å². The van der Waals surface area contributed by atoms with Gasteiger partial charge in [0, 0.05) is 47.8 Å². The van der Waals surface area contributed by atoms with Gasteiger partial charge >= 0.3 is 0 Å². The van der Waals surface area contributed by atoms with E-state index >= 15 is 4.79 Å². The molecule has 0 aromatic heterocycles. The smallest absolute Gasteiger partial charge is 0.264 e. The third kappa shape index (κ3) is 6.82. The lowest BCUT2D eigenvalue weighted by Crippen LogP contribution is -2.48. The fourth-order valence-electron chi connectivity index (χ4n) is 11.3. The van der Waals surface area contributed by atoms with Crippen LogP contribution >= 0.6 is 0 Å². The Hall–Kier alpha value is -5.92. The van der Waals surface area contributed by atoms with Crippen molar-refractivity contribution in [2.24, 2.45) is 5.92 Å². The van der Waals surface area contributed by atoms with Gasteiger partial charge in [0.25, 0.3) is 5.91 Å². The van der Waals surface area contributed by atoms with Gasteiger partial charge in [0.15, 0.2) is 13.9 Å². The Morgan fingerprint density at radius 1 is 0.730 bits per heavy atom. The standard InChI is InChI=1S/C51H52N4O7Si/c1-32-49(63(2,3)61)45(28-48(59)52-30-37-15-5-4-14-36(37)26-40(52)31-56)62-51(32)41-27-39(55-43-18-9-7-13-35(43)20-24-47(55)58)21-22-44(41)53(50(51)60)29-33-11-10-16-38(25-33)54-42-17-8-6-12-34(42)19-23-46(54)57/h4-18,21-22,25,27,32,40,45,49,56,61H,19-20,23-24,26,28-31H2,1-3H3/t32-,40-,45+,49-,51+/m0/s1. The molecule has 63 heavy (non-hydrogen) atoms. The summed E-state index contributed by atoms with van der Waals surface area (Å²) in [6.07, 6.45) is 1.66. The van der Waals surface area contributed by atoms with Crippen molar-refractivity contribution >= 4 is 60.4 Å². The van der Waals surface area contributed by atoms with E-state index in [0.717, 1.165) is 39.2 Å². The van der Waals surface area contributed by atoms with Gasteiger partial charge in [-0.3, -0.25) is 29.0 Å². The maximum atomic E-state index is 15.7. The Kier molecular flexibility index (Phi) is 10.2. The molecule has 1 fully saturated rings. The molecule has 5 aliphatic rings. The SMILES string of the molecule is C[C@H]1[C@H]([Si](C)(C)O)[C@@H](CC(=O)N2Cc3ccccc3C[C@H]2CO)O[C@]12C(=O)N(Cc1cccc(N3C(=O)CCc4ccccc43)c1)c1ccc(N3C(=O)CCc4ccccc43)cc12. The Morgan fingerprint density at radius 2 is 1.33 bits per heavy atom. The molecule has 5 heterocycles. The lowest BCUT2D eigenvalue weighted by molar-refractivity contribution is -0.151. The van der Waals surface area contributed by atoms with Crippen molar-refractivity contribution in [3.8, 4) is 0 Å². The van der Waals surface area contributed by atoms with Crippen LogP contribution in [0.15, 0.2) is 115 Å². The fourth-order valence-corrected chi connectivity index (χ4v) is 13.8. The van der Waals surface area contributed by atoms with Gasteiger partial charge in [0.1, 0.15) is 0 Å². The highest BCUT2D eigenvalue weighted by molar-refractivity contribution is 6.71. The van der Waals surface area contributed by atoms with E-state index in [2.05, 4.69) is 0 Å². The molecule has 1 saturated heterocycles. The van der Waals surface area contributed by atoms with Crippen LogP contribution in [0.2, 0.25) is 18.6 Å². The fraction of sp³-hybridized carbons (Fsp3) is 0.333. The van der Waals surface area contributed by atoms with Crippen molar-refractivity contribution in [1.29, 1.82) is 0 Å². The average Bonchev–Trinajstić information content (AvgIpc) is 3.71. The maximum absolute atomic E-state index is 15.7. The molecule has 0 aliphatic carbocycles. The number of hydrogen-bond acceptors (Lipinski definition) is 7. The summed E-state index contributed by atoms with van der Waals surface area (Å²) in [6, 6.07) is 36.7. The number of para-hydroxylation sites is 2. The molecule has 12 heteroatoms. The minimum Gasteiger partial charge on any atom is -0.432 e. The van der Waals surface area contributed by atoms with Crippen molar-refractivity contribution in [3.05, 3.63) is 149 Å². The monoisotopic (exact) mass is 860 g/mol. The third-order valence-electron chi connectivity index (χ3n) is 14.2. The van der Waals surface area contributed by atoms with E-state index in [1.165, 1.54) is 0 Å². The largest absolute Gasteiger partial charge is 0.432 e. The molecule has 5 aromatic rings. The quantitative estimate of drug-likeness (QED) is 0.154. The second kappa shape index (κ2) is 15.7. The van der Waals surface area contributed by atoms with Crippen LogP contribution in [0.1, 0.15) is 59.6 Å². The Bertz CT molecular complexity index is 2680. The molecule has 1 spiro atoms. The molecule has 0 unspecified atom stereocenters. The molecule has 4 amide bonds. The number of fused-ring (bicyclic) bond motifs is 5. The molecule has 11 nitrogen and oxygen atoms in total. The van der Waals surface area contributed by atoms with Crippen LogP contribution in [0.4, 0.5) is 28.4 Å². The Balaban J connectivity index is 1.05. The molecule has 5 aromatic carbocycles. The van der Waals surface area contributed by atoms with Gasteiger partial charge in [0.2, 0.25) is 17.7 Å². The van der Waals surface area contributed by atoms with Gasteiger partial charge in [-0.25, -0.2) is 0 Å². The third-order valence-corrected chi connectivity index (χ3v) is 16.7. The molecule has 322 valence electrons. The van der Waals surface area contributed by atoms with E-state index < -0.39 is 37.5 Å². The molecular weight excluding hydrogens is 809 g/mol. The maximum Gasteiger partial charge on any atom is 0.264 e. The van der Waals surface area contributed by atoms with E-state index in [1.807, 2.05) is 135 Å². The van der Waals surface area contributed by atoms with Gasteiger partial charge in [-0.15, -0.1) is 0 Å². The molecular formula is C51H52N4O7Si. The molecule has 5 aliphatic heterocycles. The summed E-state index contributed by atoms with van der Waals surface area (Å²) in [4.78, 5) is 76.5. The second-order valence-electron chi connectivity index (χ2n) is 18.4. The van der Waals surface area contributed by atoms with Crippen molar-refractivity contribution < 1.29 is 33.8 Å². The van der Waals surface area contributed by atoms with Crippen LogP contribution < -0.4 is 14.7 Å². The van der Waals surface area contributed by atoms with Gasteiger partial charge in [-0.1, -0.05) is 79.7 Å². The summed E-state index contributed by atoms with van der Waals surface area (Å²) in [5, 5.41) is 10.5. The van der Waals surface area contributed by atoms with Gasteiger partial charge in [0.05, 0.1) is 48.8 Å². The normalized spacial score (nSPS) is 24.1. The van der Waals surface area contributed by atoms with E-state index in [0.29, 0.717) is 61.3 Å². The number of ether oxygens (including phenoxy) is 1. The van der Waals surface area contributed by atoms with Gasteiger partial charge < -0.3 is 24.4 Å². The highest BCUT2D eigenvalue weighted by atomic mass is 28.4. The first kappa shape index (κ1) is 41.1. The zero-order valence-corrected chi connectivity index (χ0v) is 36.9. The minimum atomic E-state index is -3.17. The zero-order valence-electron chi connectivity index (χ0n) is 35.9. The van der Waals surface area contributed by atoms with Crippen LogP contribution in [-0.4, -0.2) is 65.5 Å². The summed E-state index contributed by atoms with van der Waals surface area (Å²) in [6.45, 7) is 5.93. The number of aryl methyl sites for hydroxylation is 2. The average molecular weight is 861 g/mol. The summed E-state index contributed by atoms with van der Waals surface area (Å²) in [7, 11) is -3.17. The number of aliphatic hydroxyl groups is 1. The minimum absolute atomic E-state index is 0.00317. The van der Waals surface area contributed by atoms with Crippen LogP contribution in [0.5, 0.6) is 0 Å². The number of carbonyl (C=O) groups is 4. The molecule has 0 saturated carbocycles. The zero-order chi connectivity index (χ0) is 43.8. The Labute approximate surface area is 368 Å². The van der Waals surface area contributed by atoms with E-state index in [-0.39, 0.29) is 43.2 Å². The topological polar surface area (TPSA) is 131 Å². The van der Waals surface area contributed by atoms with Crippen LogP contribution in [0, 0.1) is 5.92 Å². The van der Waals surface area contributed by atoms with Crippen LogP contribution in [0.3, 0.4) is 0 Å². The summed E-state index contributed by atoms with van der Waals surface area (Å²) < 4.78 is 7.20. The predicted molar refractivity (Wildman–Crippen MR) is 243 cm³/mol. The van der Waals surface area contributed by atoms with E-state index in [1.54, 1.807) is 19.6 Å². The highest BCUT2D eigenvalue weighted by Gasteiger charge is 2.66. The number of aliphatic hydroxyl groups excluding tert-OH is 1. The number of anilines is 5. The van der Waals surface area contributed by atoms with Crippen LogP contribution in [-0.2, 0) is 61.9 Å². The lowest BCUT2D eigenvalue weighted by Gasteiger charge is -2.37. The highest BCUT2D eigenvalue weighted by Crippen LogP contribution is 2.60. The van der Waals surface area contributed by atoms with Crippen molar-refractivity contribution in [1.82, 2.24) is 4.90 Å². The van der Waals surface area contributed by atoms with Crippen molar-refractivity contribution in [2.45, 2.75) is 94.9 Å². The van der Waals surface area contributed by atoms with E-state index in [9.17, 15) is 24.3 Å². The first-order chi connectivity index (χ1) is 30.4. The molecule has 5 atom stereocenters. The number of amides is 4. The first-order valence-electron chi connectivity index (χ1n) is 22.1. The van der Waals surface area contributed by atoms with Crippen LogP contribution in [0.25, 0.3) is 0 Å². The Morgan fingerprint density at radius 3 is 1.97 bits per heavy atom. The lowest BCUT2D eigenvalue weighted by atomic mass is 9.82. The second-order valence-corrected chi connectivity index (χ2v) is 22.3. The first-order valence-corrected chi connectivity index (χ1v) is 25.1. The number of carbonyl (C=O) groups excluding carboxylic acids is 4. The predicted octanol–water partition coefficient (Wildman–Crippen LogP) is 7.59. The van der Waals surface area contributed by atoms with Gasteiger partial charge in [-0.2, -0.15) is 0 Å². The molecule has 0 bridgehead atoms. The van der Waals surface area contributed by atoms with E-state index in [4.69, 9.17) is 4.74 Å². The number of hydrogen-bond donors (Lipinski definition) is 2. The van der Waals surface area contributed by atoms with Gasteiger partial charge in [-0.05, 0) is 103 Å². The number of rotatable bonds is 8. The summed E-state index contributed by atoms with van der Waals surface area (Å²) >= 11 is 0. The number of nitrogens with zero attached hydrogens (tertiary/aromatic N) is 4. The number of benzene rings is 5. The summed E-state index contributed by atoms with van der Waals surface area (Å²) in [5.41, 5.74) is 7.11. The molecule has 0 radical (unpaired) electrons.